The van der Waals surface area contributed by atoms with Gasteiger partial charge >= 0.3 is 11.9 Å². The van der Waals surface area contributed by atoms with Crippen LogP contribution in [0.3, 0.4) is 0 Å². The summed E-state index contributed by atoms with van der Waals surface area (Å²) < 4.78 is 8.96. The van der Waals surface area contributed by atoms with E-state index in [2.05, 4.69) is 9.47 Å². The van der Waals surface area contributed by atoms with Crippen LogP contribution in [0.25, 0.3) is 0 Å². The fraction of sp³-hybridized carbons (Fsp3) is 0.583. The maximum atomic E-state index is 12.0. The van der Waals surface area contributed by atoms with Crippen molar-refractivity contribution in [3.05, 3.63) is 11.6 Å². The zero-order valence-corrected chi connectivity index (χ0v) is 11.2. The minimum Gasteiger partial charge on any atom is -0.468 e. The maximum Gasteiger partial charge on any atom is 0.325 e. The van der Waals surface area contributed by atoms with E-state index in [0.717, 1.165) is 4.90 Å². The summed E-state index contributed by atoms with van der Waals surface area (Å²) in [6.07, 6.45) is 2.42. The number of carbonyl (C=O) groups excluding carboxylic acids is 3. The van der Waals surface area contributed by atoms with Gasteiger partial charge in [-0.25, -0.2) is 0 Å². The third-order valence-electron chi connectivity index (χ3n) is 2.23. The van der Waals surface area contributed by atoms with Gasteiger partial charge in [0.2, 0.25) is 5.91 Å². The van der Waals surface area contributed by atoms with Crippen LogP contribution < -0.4 is 0 Å². The number of ether oxygens (including phenoxy) is 2. The van der Waals surface area contributed by atoms with Gasteiger partial charge in [-0.15, -0.1) is 0 Å². The first-order valence-corrected chi connectivity index (χ1v) is 5.55. The molecule has 0 saturated carbocycles. The molecule has 0 saturated heterocycles. The van der Waals surface area contributed by atoms with Crippen molar-refractivity contribution in [3.63, 3.8) is 0 Å². The molecule has 18 heavy (non-hydrogen) atoms. The van der Waals surface area contributed by atoms with Crippen LogP contribution in [0.15, 0.2) is 11.6 Å². The molecule has 0 N–H and O–H groups in total. The number of nitrogens with zero attached hydrogens (tertiary/aromatic N) is 1. The molecule has 0 radical (unpaired) electrons. The highest BCUT2D eigenvalue weighted by molar-refractivity contribution is 5.96. The Hall–Kier alpha value is -1.85. The summed E-state index contributed by atoms with van der Waals surface area (Å²) in [6.45, 7) is 2.97. The maximum absolute atomic E-state index is 12.0. The minimum atomic E-state index is -0.587. The van der Waals surface area contributed by atoms with Gasteiger partial charge < -0.3 is 14.4 Å². The summed E-state index contributed by atoms with van der Waals surface area (Å²) in [5.41, 5.74) is 0.477. The molecular formula is C12H19NO5. The van der Waals surface area contributed by atoms with Crippen molar-refractivity contribution in [2.45, 2.75) is 20.3 Å². The zero-order chi connectivity index (χ0) is 14.1. The number of rotatable bonds is 6. The molecule has 0 unspecified atom stereocenters. The van der Waals surface area contributed by atoms with Crippen LogP contribution in [0.2, 0.25) is 0 Å². The molecule has 0 aromatic heterocycles. The Morgan fingerprint density at radius 2 is 1.50 bits per heavy atom. The SMILES string of the molecule is CCC=C(C)C(=O)N(CC(=O)OC)CC(=O)OC. The summed E-state index contributed by atoms with van der Waals surface area (Å²) in [5.74, 6) is -1.55. The topological polar surface area (TPSA) is 72.9 Å². The highest BCUT2D eigenvalue weighted by Gasteiger charge is 2.21. The molecule has 102 valence electrons. The van der Waals surface area contributed by atoms with Gasteiger partial charge in [-0.1, -0.05) is 13.0 Å². The van der Waals surface area contributed by atoms with Gasteiger partial charge in [0, 0.05) is 5.57 Å². The molecule has 0 fully saturated rings. The molecule has 6 nitrogen and oxygen atoms in total. The first kappa shape index (κ1) is 16.1. The predicted molar refractivity (Wildman–Crippen MR) is 64.7 cm³/mol. The molecule has 0 aromatic carbocycles. The number of hydrogen-bond donors (Lipinski definition) is 0. The first-order valence-electron chi connectivity index (χ1n) is 5.55. The van der Waals surface area contributed by atoms with E-state index in [1.54, 1.807) is 13.0 Å². The highest BCUT2D eigenvalue weighted by atomic mass is 16.5. The quantitative estimate of drug-likeness (QED) is 0.512. The summed E-state index contributed by atoms with van der Waals surface area (Å²) in [6, 6.07) is 0. The third kappa shape index (κ3) is 5.47. The monoisotopic (exact) mass is 257 g/mol. The lowest BCUT2D eigenvalue weighted by Gasteiger charge is -2.20. The number of amides is 1. The molecule has 0 aromatic rings. The van der Waals surface area contributed by atoms with Crippen molar-refractivity contribution in [2.24, 2.45) is 0 Å². The van der Waals surface area contributed by atoms with Crippen molar-refractivity contribution in [3.8, 4) is 0 Å². The fourth-order valence-electron chi connectivity index (χ4n) is 1.28. The smallest absolute Gasteiger partial charge is 0.325 e. The highest BCUT2D eigenvalue weighted by Crippen LogP contribution is 2.03. The number of allylic oxidation sites excluding steroid dienone is 1. The van der Waals surface area contributed by atoms with Crippen LogP contribution in [-0.4, -0.2) is 50.1 Å². The lowest BCUT2D eigenvalue weighted by molar-refractivity contribution is -0.150. The summed E-state index contributed by atoms with van der Waals surface area (Å²) in [5, 5.41) is 0. The van der Waals surface area contributed by atoms with Gasteiger partial charge in [0.05, 0.1) is 14.2 Å². The second-order valence-corrected chi connectivity index (χ2v) is 3.61. The molecule has 1 amide bonds. The number of esters is 2. The van der Waals surface area contributed by atoms with E-state index in [9.17, 15) is 14.4 Å². The van der Waals surface area contributed by atoms with Crippen LogP contribution in [0.1, 0.15) is 20.3 Å². The van der Waals surface area contributed by atoms with Crippen molar-refractivity contribution in [1.82, 2.24) is 4.90 Å². The average Bonchev–Trinajstić information content (AvgIpc) is 2.36. The Kier molecular flexibility index (Phi) is 7.42. The molecule has 0 aliphatic heterocycles. The molecule has 0 spiro atoms. The Bertz CT molecular complexity index is 330. The van der Waals surface area contributed by atoms with E-state index in [1.807, 2.05) is 6.92 Å². The van der Waals surface area contributed by atoms with Crippen LogP contribution >= 0.6 is 0 Å². The van der Waals surface area contributed by atoms with Gasteiger partial charge in [0.25, 0.3) is 0 Å². The second-order valence-electron chi connectivity index (χ2n) is 3.61. The van der Waals surface area contributed by atoms with E-state index in [4.69, 9.17) is 0 Å². The molecule has 0 bridgehead atoms. The molecule has 0 rings (SSSR count). The molecule has 0 atom stereocenters. The van der Waals surface area contributed by atoms with Crippen molar-refractivity contribution < 1.29 is 23.9 Å². The summed E-state index contributed by atoms with van der Waals surface area (Å²) in [4.78, 5) is 35.5. The average molecular weight is 257 g/mol. The summed E-state index contributed by atoms with van der Waals surface area (Å²) in [7, 11) is 2.44. The van der Waals surface area contributed by atoms with E-state index < -0.39 is 11.9 Å². The standard InChI is InChI=1S/C12H19NO5/c1-5-6-9(2)12(16)13(7-10(14)17-3)8-11(15)18-4/h6H,5,7-8H2,1-4H3. The molecule has 0 aliphatic rings. The van der Waals surface area contributed by atoms with Crippen LogP contribution in [-0.2, 0) is 23.9 Å². The molecule has 0 heterocycles. The van der Waals surface area contributed by atoms with E-state index >= 15 is 0 Å². The second kappa shape index (κ2) is 8.27. The van der Waals surface area contributed by atoms with Crippen LogP contribution in [0.4, 0.5) is 0 Å². The normalized spacial score (nSPS) is 10.8. The lowest BCUT2D eigenvalue weighted by Crippen LogP contribution is -2.40. The largest absolute Gasteiger partial charge is 0.468 e. The molecule has 0 aliphatic carbocycles. The van der Waals surface area contributed by atoms with Gasteiger partial charge in [-0.3, -0.25) is 14.4 Å². The van der Waals surface area contributed by atoms with Gasteiger partial charge in [0.1, 0.15) is 13.1 Å². The minimum absolute atomic E-state index is 0.278. The first-order chi connectivity index (χ1) is 8.46. The number of methoxy groups -OCH3 is 2. The third-order valence-corrected chi connectivity index (χ3v) is 2.23. The number of carbonyl (C=O) groups is 3. The van der Waals surface area contributed by atoms with Crippen molar-refractivity contribution >= 4 is 17.8 Å². The molecular weight excluding hydrogens is 238 g/mol. The Morgan fingerprint density at radius 1 is 1.06 bits per heavy atom. The van der Waals surface area contributed by atoms with Gasteiger partial charge in [0.15, 0.2) is 0 Å². The zero-order valence-electron chi connectivity index (χ0n) is 11.2. The lowest BCUT2D eigenvalue weighted by atomic mass is 10.2. The fourth-order valence-corrected chi connectivity index (χ4v) is 1.28. The van der Waals surface area contributed by atoms with Gasteiger partial charge in [-0.2, -0.15) is 0 Å². The summed E-state index contributed by atoms with van der Waals surface area (Å²) >= 11 is 0. The molecule has 6 heteroatoms. The van der Waals surface area contributed by atoms with Crippen LogP contribution in [0.5, 0.6) is 0 Å². The van der Waals surface area contributed by atoms with E-state index in [0.29, 0.717) is 12.0 Å². The van der Waals surface area contributed by atoms with Gasteiger partial charge in [-0.05, 0) is 13.3 Å². The Balaban J connectivity index is 4.84. The van der Waals surface area contributed by atoms with E-state index in [1.165, 1.54) is 14.2 Å². The van der Waals surface area contributed by atoms with Crippen LogP contribution in [0, 0.1) is 0 Å². The van der Waals surface area contributed by atoms with Crippen molar-refractivity contribution in [2.75, 3.05) is 27.3 Å². The van der Waals surface area contributed by atoms with E-state index in [-0.39, 0.29) is 19.0 Å². The Morgan fingerprint density at radius 3 is 1.83 bits per heavy atom. The number of hydrogen-bond acceptors (Lipinski definition) is 5. The predicted octanol–water partition coefficient (Wildman–Crippen LogP) is 0.517. The van der Waals surface area contributed by atoms with Crippen molar-refractivity contribution in [1.29, 1.82) is 0 Å². The Labute approximate surface area is 107 Å².